The van der Waals surface area contributed by atoms with Crippen molar-refractivity contribution < 1.29 is 9.53 Å². The minimum Gasteiger partial charge on any atom is -0.380 e. The Bertz CT molecular complexity index is 393. The van der Waals surface area contributed by atoms with Gasteiger partial charge < -0.3 is 9.64 Å². The van der Waals surface area contributed by atoms with Crippen LogP contribution in [0.4, 0.5) is 0 Å². The van der Waals surface area contributed by atoms with E-state index in [-0.39, 0.29) is 5.91 Å². The SMILES string of the molecule is CCOCCN(C)C(=O)c1cc(S)ccc1C. The molecule has 94 valence electrons. The number of carbonyl (C=O) groups is 1. The zero-order valence-corrected chi connectivity index (χ0v) is 11.5. The molecule has 0 bridgehead atoms. The first-order valence-corrected chi connectivity index (χ1v) is 6.13. The van der Waals surface area contributed by atoms with E-state index in [1.54, 1.807) is 18.0 Å². The summed E-state index contributed by atoms with van der Waals surface area (Å²) in [5.74, 6) is 0.0121. The van der Waals surface area contributed by atoms with Gasteiger partial charge in [0.15, 0.2) is 0 Å². The van der Waals surface area contributed by atoms with Crippen molar-refractivity contribution in [3.05, 3.63) is 29.3 Å². The topological polar surface area (TPSA) is 29.5 Å². The lowest BCUT2D eigenvalue weighted by Crippen LogP contribution is -2.30. The lowest BCUT2D eigenvalue weighted by atomic mass is 10.1. The minimum absolute atomic E-state index is 0.0121. The summed E-state index contributed by atoms with van der Waals surface area (Å²) in [6, 6.07) is 5.60. The van der Waals surface area contributed by atoms with Crippen molar-refractivity contribution in [3.63, 3.8) is 0 Å². The van der Waals surface area contributed by atoms with E-state index in [0.29, 0.717) is 25.3 Å². The Labute approximate surface area is 108 Å². The average molecular weight is 253 g/mol. The molecule has 0 saturated heterocycles. The Kier molecular flexibility index (Phi) is 5.51. The third kappa shape index (κ3) is 4.06. The van der Waals surface area contributed by atoms with Crippen molar-refractivity contribution in [2.75, 3.05) is 26.8 Å². The van der Waals surface area contributed by atoms with E-state index in [1.807, 2.05) is 26.0 Å². The summed E-state index contributed by atoms with van der Waals surface area (Å²) in [4.78, 5) is 14.6. The van der Waals surface area contributed by atoms with Crippen molar-refractivity contribution in [2.24, 2.45) is 0 Å². The van der Waals surface area contributed by atoms with E-state index in [4.69, 9.17) is 4.74 Å². The summed E-state index contributed by atoms with van der Waals surface area (Å²) < 4.78 is 5.24. The summed E-state index contributed by atoms with van der Waals surface area (Å²) in [6.45, 7) is 5.71. The monoisotopic (exact) mass is 253 g/mol. The second-order valence-corrected chi connectivity index (χ2v) is 4.44. The summed E-state index contributed by atoms with van der Waals surface area (Å²) in [7, 11) is 1.78. The molecule has 0 aliphatic carbocycles. The van der Waals surface area contributed by atoms with E-state index >= 15 is 0 Å². The molecule has 0 fully saturated rings. The number of amides is 1. The minimum atomic E-state index is 0.0121. The molecule has 1 amide bonds. The molecular weight excluding hydrogens is 234 g/mol. The lowest BCUT2D eigenvalue weighted by molar-refractivity contribution is 0.0709. The molecule has 0 N–H and O–H groups in total. The Morgan fingerprint density at radius 2 is 2.18 bits per heavy atom. The molecule has 0 saturated carbocycles. The van der Waals surface area contributed by atoms with Gasteiger partial charge in [0.2, 0.25) is 0 Å². The van der Waals surface area contributed by atoms with Gasteiger partial charge in [0.25, 0.3) is 5.91 Å². The molecule has 0 radical (unpaired) electrons. The zero-order valence-electron chi connectivity index (χ0n) is 10.6. The maximum atomic E-state index is 12.1. The number of likely N-dealkylation sites (N-methyl/N-ethyl adjacent to an activating group) is 1. The molecule has 1 aromatic carbocycles. The van der Waals surface area contributed by atoms with Gasteiger partial charge in [-0.3, -0.25) is 4.79 Å². The fourth-order valence-corrected chi connectivity index (χ4v) is 1.70. The third-order valence-corrected chi connectivity index (χ3v) is 2.85. The van der Waals surface area contributed by atoms with E-state index in [2.05, 4.69) is 12.6 Å². The Morgan fingerprint density at radius 3 is 2.82 bits per heavy atom. The molecule has 4 heteroatoms. The summed E-state index contributed by atoms with van der Waals surface area (Å²) in [5, 5.41) is 0. The van der Waals surface area contributed by atoms with Crippen LogP contribution in [0, 0.1) is 6.92 Å². The van der Waals surface area contributed by atoms with Crippen LogP contribution in [-0.4, -0.2) is 37.6 Å². The molecule has 0 atom stereocenters. The van der Waals surface area contributed by atoms with Crippen LogP contribution in [0.5, 0.6) is 0 Å². The van der Waals surface area contributed by atoms with Crippen LogP contribution < -0.4 is 0 Å². The average Bonchev–Trinajstić information content (AvgIpc) is 2.31. The standard InChI is InChI=1S/C13H19NO2S/c1-4-16-8-7-14(3)13(15)12-9-11(17)6-5-10(12)2/h5-6,9,17H,4,7-8H2,1-3H3. The zero-order chi connectivity index (χ0) is 12.8. The maximum absolute atomic E-state index is 12.1. The summed E-state index contributed by atoms with van der Waals surface area (Å²) >= 11 is 4.25. The van der Waals surface area contributed by atoms with Gasteiger partial charge in [-0.1, -0.05) is 6.07 Å². The third-order valence-electron chi connectivity index (χ3n) is 2.57. The number of aryl methyl sites for hydroxylation is 1. The van der Waals surface area contributed by atoms with Gasteiger partial charge in [0, 0.05) is 30.7 Å². The summed E-state index contributed by atoms with van der Waals surface area (Å²) in [5.41, 5.74) is 1.67. The van der Waals surface area contributed by atoms with Crippen molar-refractivity contribution >= 4 is 18.5 Å². The molecule has 17 heavy (non-hydrogen) atoms. The predicted molar refractivity (Wildman–Crippen MR) is 71.9 cm³/mol. The smallest absolute Gasteiger partial charge is 0.253 e. The van der Waals surface area contributed by atoms with Crippen molar-refractivity contribution in [3.8, 4) is 0 Å². The largest absolute Gasteiger partial charge is 0.380 e. The quantitative estimate of drug-likeness (QED) is 0.645. The molecule has 0 spiro atoms. The van der Waals surface area contributed by atoms with E-state index < -0.39 is 0 Å². The van der Waals surface area contributed by atoms with Crippen LogP contribution >= 0.6 is 12.6 Å². The first kappa shape index (κ1) is 14.1. The highest BCUT2D eigenvalue weighted by atomic mass is 32.1. The van der Waals surface area contributed by atoms with Crippen molar-refractivity contribution in [1.29, 1.82) is 0 Å². The lowest BCUT2D eigenvalue weighted by Gasteiger charge is -2.18. The molecule has 0 aromatic heterocycles. The number of nitrogens with zero attached hydrogens (tertiary/aromatic N) is 1. The Morgan fingerprint density at radius 1 is 1.47 bits per heavy atom. The van der Waals surface area contributed by atoms with Crippen LogP contribution in [0.2, 0.25) is 0 Å². The number of ether oxygens (including phenoxy) is 1. The number of thiol groups is 1. The predicted octanol–water partition coefficient (Wildman–Crippen LogP) is 2.39. The van der Waals surface area contributed by atoms with E-state index in [9.17, 15) is 4.79 Å². The van der Waals surface area contributed by atoms with Gasteiger partial charge >= 0.3 is 0 Å². The second kappa shape index (κ2) is 6.67. The normalized spacial score (nSPS) is 10.4. The van der Waals surface area contributed by atoms with Crippen molar-refractivity contribution in [2.45, 2.75) is 18.7 Å². The molecule has 3 nitrogen and oxygen atoms in total. The molecule has 1 rings (SSSR count). The molecule has 0 heterocycles. The maximum Gasteiger partial charge on any atom is 0.253 e. The fraction of sp³-hybridized carbons (Fsp3) is 0.462. The van der Waals surface area contributed by atoms with Crippen LogP contribution in [0.15, 0.2) is 23.1 Å². The van der Waals surface area contributed by atoms with Gasteiger partial charge in [-0.05, 0) is 31.5 Å². The number of carbonyl (C=O) groups excluding carboxylic acids is 1. The highest BCUT2D eigenvalue weighted by molar-refractivity contribution is 7.80. The number of rotatable bonds is 5. The number of benzene rings is 1. The number of hydrogen-bond donors (Lipinski definition) is 1. The van der Waals surface area contributed by atoms with Crippen LogP contribution in [-0.2, 0) is 4.74 Å². The molecule has 0 aliphatic heterocycles. The Balaban J connectivity index is 2.71. The van der Waals surface area contributed by atoms with Crippen molar-refractivity contribution in [1.82, 2.24) is 4.90 Å². The first-order valence-electron chi connectivity index (χ1n) is 5.69. The van der Waals surface area contributed by atoms with Gasteiger partial charge in [-0.2, -0.15) is 0 Å². The fourth-order valence-electron chi connectivity index (χ4n) is 1.49. The molecule has 1 aromatic rings. The highest BCUT2D eigenvalue weighted by Crippen LogP contribution is 2.15. The summed E-state index contributed by atoms with van der Waals surface area (Å²) in [6.07, 6.45) is 0. The Hall–Kier alpha value is -1.00. The second-order valence-electron chi connectivity index (χ2n) is 3.92. The van der Waals surface area contributed by atoms with Crippen LogP contribution in [0.25, 0.3) is 0 Å². The van der Waals surface area contributed by atoms with E-state index in [0.717, 1.165) is 10.5 Å². The number of hydrogen-bond acceptors (Lipinski definition) is 3. The molecular formula is C13H19NO2S. The van der Waals surface area contributed by atoms with E-state index in [1.165, 1.54) is 0 Å². The molecule has 0 unspecified atom stereocenters. The van der Waals surface area contributed by atoms with Gasteiger partial charge in [0.1, 0.15) is 0 Å². The van der Waals surface area contributed by atoms with Gasteiger partial charge in [-0.15, -0.1) is 12.6 Å². The van der Waals surface area contributed by atoms with Crippen LogP contribution in [0.3, 0.4) is 0 Å². The van der Waals surface area contributed by atoms with Gasteiger partial charge in [-0.25, -0.2) is 0 Å². The molecule has 0 aliphatic rings. The first-order chi connectivity index (χ1) is 8.06. The van der Waals surface area contributed by atoms with Crippen LogP contribution in [0.1, 0.15) is 22.8 Å². The van der Waals surface area contributed by atoms with Gasteiger partial charge in [0.05, 0.1) is 6.61 Å². The highest BCUT2D eigenvalue weighted by Gasteiger charge is 2.13.